The first kappa shape index (κ1) is 22.0. The quantitative estimate of drug-likeness (QED) is 0.489. The highest BCUT2D eigenvalue weighted by Gasteiger charge is 2.54. The number of benzene rings is 1. The summed E-state index contributed by atoms with van der Waals surface area (Å²) in [5.74, 6) is -2.76. The maximum Gasteiger partial charge on any atom is 0.341 e. The van der Waals surface area contributed by atoms with Gasteiger partial charge in [0.05, 0.1) is 18.4 Å². The topological polar surface area (TPSA) is 92.7 Å². The predicted octanol–water partition coefficient (Wildman–Crippen LogP) is 5.43. The van der Waals surface area contributed by atoms with E-state index in [0.717, 1.165) is 29.3 Å². The molecule has 1 heterocycles. The fourth-order valence-electron chi connectivity index (χ4n) is 4.98. The summed E-state index contributed by atoms with van der Waals surface area (Å²) in [4.78, 5) is 37.9. The molecule has 0 spiro atoms. The molecule has 1 aromatic carbocycles. The van der Waals surface area contributed by atoms with Crippen LogP contribution in [0.15, 0.2) is 34.1 Å². The van der Waals surface area contributed by atoms with Crippen molar-refractivity contribution in [2.24, 2.45) is 23.7 Å². The summed E-state index contributed by atoms with van der Waals surface area (Å²) in [6.07, 6.45) is 3.23. The molecule has 1 amide bonds. The van der Waals surface area contributed by atoms with Gasteiger partial charge in [-0.25, -0.2) is 4.79 Å². The van der Waals surface area contributed by atoms with Crippen LogP contribution < -0.4 is 5.32 Å². The van der Waals surface area contributed by atoms with Crippen molar-refractivity contribution < 1.29 is 24.2 Å². The van der Waals surface area contributed by atoms with E-state index in [1.54, 1.807) is 0 Å². The standard InChI is InChI=1S/C23H24BrNO5S/c1-2-9-30-23(29)19-16(12-5-7-15(24)8-6-12)11-31-21(19)25-20(26)17-13-3-4-14(10-13)18(17)22(27)28/h5-8,11,13-14,17-18H,2-4,9-10H2,1H3,(H,25,26)(H,27,28)/t13-,14-,17-,18+/m1/s1. The third-order valence-electron chi connectivity index (χ3n) is 6.33. The third-order valence-corrected chi connectivity index (χ3v) is 7.75. The Bertz CT molecular complexity index is 1000. The van der Waals surface area contributed by atoms with Crippen LogP contribution in [0.4, 0.5) is 5.00 Å². The van der Waals surface area contributed by atoms with E-state index in [1.165, 1.54) is 11.3 Å². The second-order valence-electron chi connectivity index (χ2n) is 8.21. The normalized spacial score (nSPS) is 24.2. The van der Waals surface area contributed by atoms with Gasteiger partial charge in [0.1, 0.15) is 10.6 Å². The highest BCUT2D eigenvalue weighted by molar-refractivity contribution is 9.10. The summed E-state index contributed by atoms with van der Waals surface area (Å²) in [5.41, 5.74) is 1.85. The van der Waals surface area contributed by atoms with E-state index in [0.29, 0.717) is 22.5 Å². The fraction of sp³-hybridized carbons (Fsp3) is 0.435. The highest BCUT2D eigenvalue weighted by atomic mass is 79.9. The van der Waals surface area contributed by atoms with Crippen molar-refractivity contribution in [1.29, 1.82) is 0 Å². The highest BCUT2D eigenvalue weighted by Crippen LogP contribution is 2.53. The number of carbonyl (C=O) groups is 3. The lowest BCUT2D eigenvalue weighted by molar-refractivity contribution is -0.148. The number of carboxylic acid groups (broad SMARTS) is 1. The first-order chi connectivity index (χ1) is 14.9. The lowest BCUT2D eigenvalue weighted by atomic mass is 9.79. The van der Waals surface area contributed by atoms with Gasteiger partial charge in [-0.05, 0) is 55.2 Å². The van der Waals surface area contributed by atoms with E-state index in [2.05, 4.69) is 21.2 Å². The summed E-state index contributed by atoms with van der Waals surface area (Å²) in [6.45, 7) is 2.20. The number of aliphatic carboxylic acids is 1. The average molecular weight is 506 g/mol. The molecule has 0 aliphatic heterocycles. The van der Waals surface area contributed by atoms with Crippen LogP contribution in [-0.4, -0.2) is 29.6 Å². The van der Waals surface area contributed by atoms with Gasteiger partial charge in [0.2, 0.25) is 5.91 Å². The Kier molecular flexibility index (Phi) is 6.48. The molecule has 0 saturated heterocycles. The number of carboxylic acids is 1. The lowest BCUT2D eigenvalue weighted by Gasteiger charge is -2.27. The molecular formula is C23H24BrNO5S. The van der Waals surface area contributed by atoms with Crippen LogP contribution >= 0.6 is 27.3 Å². The van der Waals surface area contributed by atoms with Crippen LogP contribution in [0.3, 0.4) is 0 Å². The molecule has 4 atom stereocenters. The number of amides is 1. The van der Waals surface area contributed by atoms with E-state index in [-0.39, 0.29) is 24.3 Å². The number of fused-ring (bicyclic) bond motifs is 2. The minimum Gasteiger partial charge on any atom is -0.481 e. The molecule has 2 saturated carbocycles. The summed E-state index contributed by atoms with van der Waals surface area (Å²) < 4.78 is 6.31. The molecule has 2 aliphatic carbocycles. The molecule has 4 rings (SSSR count). The van der Waals surface area contributed by atoms with Crippen LogP contribution in [0.2, 0.25) is 0 Å². The Morgan fingerprint density at radius 1 is 1.16 bits per heavy atom. The van der Waals surface area contributed by atoms with E-state index in [4.69, 9.17) is 4.74 Å². The van der Waals surface area contributed by atoms with Gasteiger partial charge in [-0.1, -0.05) is 35.0 Å². The molecule has 2 aliphatic rings. The molecular weight excluding hydrogens is 482 g/mol. The van der Waals surface area contributed by atoms with Gasteiger partial charge < -0.3 is 15.2 Å². The SMILES string of the molecule is CCCOC(=O)c1c(-c2ccc(Br)cc2)csc1NC(=O)[C@@H]1[C@@H]2CC[C@H](C2)[C@@H]1C(=O)O. The molecule has 164 valence electrons. The maximum absolute atomic E-state index is 13.2. The fourth-order valence-corrected chi connectivity index (χ4v) is 6.21. The van der Waals surface area contributed by atoms with E-state index >= 15 is 0 Å². The smallest absolute Gasteiger partial charge is 0.341 e. The molecule has 2 bridgehead atoms. The van der Waals surface area contributed by atoms with Gasteiger partial charge in [0.25, 0.3) is 0 Å². The molecule has 1 aromatic heterocycles. The van der Waals surface area contributed by atoms with Crippen molar-refractivity contribution in [3.8, 4) is 11.1 Å². The summed E-state index contributed by atoms with van der Waals surface area (Å²) >= 11 is 4.68. The van der Waals surface area contributed by atoms with Crippen LogP contribution in [0, 0.1) is 23.7 Å². The zero-order valence-corrected chi connectivity index (χ0v) is 19.5. The van der Waals surface area contributed by atoms with E-state index in [9.17, 15) is 19.5 Å². The molecule has 2 fully saturated rings. The monoisotopic (exact) mass is 505 g/mol. The number of halogens is 1. The molecule has 0 unspecified atom stereocenters. The van der Waals surface area contributed by atoms with Gasteiger partial charge in [0.15, 0.2) is 0 Å². The molecule has 6 nitrogen and oxygen atoms in total. The van der Waals surface area contributed by atoms with Gasteiger partial charge >= 0.3 is 11.9 Å². The largest absolute Gasteiger partial charge is 0.481 e. The summed E-state index contributed by atoms with van der Waals surface area (Å²) in [6, 6.07) is 7.56. The molecule has 2 N–H and O–H groups in total. The molecule has 2 aromatic rings. The Morgan fingerprint density at radius 2 is 1.84 bits per heavy atom. The minimum atomic E-state index is -0.906. The van der Waals surface area contributed by atoms with Crippen LogP contribution in [0.25, 0.3) is 11.1 Å². The number of rotatable bonds is 7. The number of thiophene rings is 1. The number of nitrogens with one attached hydrogen (secondary N) is 1. The Labute approximate surface area is 193 Å². The zero-order chi connectivity index (χ0) is 22.1. The third kappa shape index (κ3) is 4.28. The first-order valence-electron chi connectivity index (χ1n) is 10.5. The zero-order valence-electron chi connectivity index (χ0n) is 17.1. The summed E-state index contributed by atoms with van der Waals surface area (Å²) in [7, 11) is 0. The molecule has 8 heteroatoms. The van der Waals surface area contributed by atoms with Crippen molar-refractivity contribution in [1.82, 2.24) is 0 Å². The van der Waals surface area contributed by atoms with Gasteiger partial charge in [-0.2, -0.15) is 0 Å². The van der Waals surface area contributed by atoms with Gasteiger partial charge in [-0.3, -0.25) is 9.59 Å². The number of hydrogen-bond donors (Lipinski definition) is 2. The Morgan fingerprint density at radius 3 is 2.48 bits per heavy atom. The molecule has 0 radical (unpaired) electrons. The Hall–Kier alpha value is -2.19. The van der Waals surface area contributed by atoms with Crippen LogP contribution in [0.5, 0.6) is 0 Å². The summed E-state index contributed by atoms with van der Waals surface area (Å²) in [5, 5.41) is 14.8. The predicted molar refractivity (Wildman–Crippen MR) is 122 cm³/mol. The number of hydrogen-bond acceptors (Lipinski definition) is 5. The number of esters is 1. The second kappa shape index (κ2) is 9.12. The lowest BCUT2D eigenvalue weighted by Crippen LogP contribution is -2.38. The Balaban J connectivity index is 1.64. The van der Waals surface area contributed by atoms with Crippen LogP contribution in [-0.2, 0) is 14.3 Å². The minimum absolute atomic E-state index is 0.0638. The maximum atomic E-state index is 13.2. The van der Waals surface area contributed by atoms with E-state index in [1.807, 2.05) is 36.6 Å². The van der Waals surface area contributed by atoms with Crippen LogP contribution in [0.1, 0.15) is 43.0 Å². The van der Waals surface area contributed by atoms with Crippen molar-refractivity contribution in [2.75, 3.05) is 11.9 Å². The van der Waals surface area contributed by atoms with Crippen molar-refractivity contribution >= 4 is 50.1 Å². The average Bonchev–Trinajstić information content (AvgIpc) is 3.47. The molecule has 31 heavy (non-hydrogen) atoms. The second-order valence-corrected chi connectivity index (χ2v) is 10.0. The number of ether oxygens (including phenoxy) is 1. The van der Waals surface area contributed by atoms with Gasteiger partial charge in [-0.15, -0.1) is 11.3 Å². The van der Waals surface area contributed by atoms with Crippen molar-refractivity contribution in [2.45, 2.75) is 32.6 Å². The van der Waals surface area contributed by atoms with Gasteiger partial charge in [0, 0.05) is 15.4 Å². The van der Waals surface area contributed by atoms with E-state index < -0.39 is 23.8 Å². The van der Waals surface area contributed by atoms with Crippen molar-refractivity contribution in [3.05, 3.63) is 39.7 Å². The first-order valence-corrected chi connectivity index (χ1v) is 12.2. The van der Waals surface area contributed by atoms with Crippen molar-refractivity contribution in [3.63, 3.8) is 0 Å². The number of carbonyl (C=O) groups excluding carboxylic acids is 2. The number of anilines is 1.